The van der Waals surface area contributed by atoms with Gasteiger partial charge in [-0.15, -0.1) is 0 Å². The van der Waals surface area contributed by atoms with Gasteiger partial charge in [-0.05, 0) is 42.0 Å². The van der Waals surface area contributed by atoms with Gasteiger partial charge in [-0.3, -0.25) is 14.5 Å². The first-order chi connectivity index (χ1) is 17.6. The molecule has 2 aromatic carbocycles. The number of rotatable bonds is 7. The number of hydrogen-bond acceptors (Lipinski definition) is 7. The Morgan fingerprint density at radius 1 is 0.917 bits per heavy atom. The van der Waals surface area contributed by atoms with Gasteiger partial charge in [-0.2, -0.15) is 0 Å². The molecule has 1 atom stereocenters. The number of nitrogens with zero attached hydrogens (tertiary/aromatic N) is 2. The minimum Gasteiger partial charge on any atom is -0.468 e. The number of amides is 2. The SMILES string of the molecule is O=C(NCc1ccc2c(c1)OCO2)C(=O)NC[C@H](c1ccco1)N1CCN(c2ccccc2F)CC1. The van der Waals surface area contributed by atoms with Gasteiger partial charge in [0.15, 0.2) is 11.5 Å². The number of fused-ring (bicyclic) bond motifs is 1. The van der Waals surface area contributed by atoms with E-state index in [2.05, 4.69) is 15.5 Å². The summed E-state index contributed by atoms with van der Waals surface area (Å²) in [6, 6.07) is 15.5. The number of anilines is 1. The van der Waals surface area contributed by atoms with Crippen molar-refractivity contribution in [3.63, 3.8) is 0 Å². The maximum Gasteiger partial charge on any atom is 0.309 e. The van der Waals surface area contributed by atoms with Crippen molar-refractivity contribution in [2.45, 2.75) is 12.6 Å². The molecule has 1 saturated heterocycles. The molecule has 0 aliphatic carbocycles. The molecular weight excluding hydrogens is 467 g/mol. The van der Waals surface area contributed by atoms with E-state index in [9.17, 15) is 14.0 Å². The fourth-order valence-corrected chi connectivity index (χ4v) is 4.46. The van der Waals surface area contributed by atoms with Gasteiger partial charge in [0.25, 0.3) is 0 Å². The molecule has 1 aromatic heterocycles. The highest BCUT2D eigenvalue weighted by atomic mass is 19.1. The number of benzene rings is 2. The molecule has 2 aliphatic rings. The summed E-state index contributed by atoms with van der Waals surface area (Å²) in [5.74, 6) is 0.264. The number of carbonyl (C=O) groups excluding carboxylic acids is 2. The fourth-order valence-electron chi connectivity index (χ4n) is 4.46. The van der Waals surface area contributed by atoms with E-state index in [4.69, 9.17) is 13.9 Å². The summed E-state index contributed by atoms with van der Waals surface area (Å²) in [6.45, 7) is 3.09. The Morgan fingerprint density at radius 2 is 1.69 bits per heavy atom. The largest absolute Gasteiger partial charge is 0.468 e. The van der Waals surface area contributed by atoms with Crippen molar-refractivity contribution in [3.05, 3.63) is 78.0 Å². The van der Waals surface area contributed by atoms with Gasteiger partial charge in [0, 0.05) is 39.3 Å². The molecule has 36 heavy (non-hydrogen) atoms. The second-order valence-electron chi connectivity index (χ2n) is 8.59. The average molecular weight is 495 g/mol. The first-order valence-corrected chi connectivity index (χ1v) is 11.8. The number of halogens is 1. The highest BCUT2D eigenvalue weighted by molar-refractivity contribution is 6.35. The molecule has 0 unspecified atom stereocenters. The second kappa shape index (κ2) is 10.7. The third-order valence-corrected chi connectivity index (χ3v) is 6.37. The molecule has 3 aromatic rings. The third-order valence-electron chi connectivity index (χ3n) is 6.37. The number of carbonyl (C=O) groups is 2. The van der Waals surface area contributed by atoms with Crippen LogP contribution in [0, 0.1) is 5.82 Å². The van der Waals surface area contributed by atoms with Crippen LogP contribution in [0.25, 0.3) is 0 Å². The van der Waals surface area contributed by atoms with Crippen molar-refractivity contribution >= 4 is 17.5 Å². The van der Waals surface area contributed by atoms with E-state index in [1.807, 2.05) is 17.0 Å². The molecule has 9 nitrogen and oxygen atoms in total. The summed E-state index contributed by atoms with van der Waals surface area (Å²) >= 11 is 0. The zero-order valence-corrected chi connectivity index (χ0v) is 19.6. The first kappa shape index (κ1) is 23.7. The summed E-state index contributed by atoms with van der Waals surface area (Å²) in [7, 11) is 0. The number of ether oxygens (including phenoxy) is 2. The average Bonchev–Trinajstić information content (AvgIpc) is 3.60. The number of para-hydroxylation sites is 1. The lowest BCUT2D eigenvalue weighted by Crippen LogP contribution is -2.51. The smallest absolute Gasteiger partial charge is 0.309 e. The van der Waals surface area contributed by atoms with E-state index >= 15 is 0 Å². The molecular formula is C26H27FN4O5. The highest BCUT2D eigenvalue weighted by Crippen LogP contribution is 2.32. The number of furan rings is 1. The van der Waals surface area contributed by atoms with Crippen LogP contribution in [-0.4, -0.2) is 56.2 Å². The van der Waals surface area contributed by atoms with Gasteiger partial charge < -0.3 is 29.4 Å². The van der Waals surface area contributed by atoms with Crippen LogP contribution < -0.4 is 25.0 Å². The fraction of sp³-hybridized carbons (Fsp3) is 0.308. The summed E-state index contributed by atoms with van der Waals surface area (Å²) in [5, 5.41) is 5.36. The molecule has 2 N–H and O–H groups in total. The molecule has 2 aliphatic heterocycles. The Balaban J connectivity index is 1.15. The van der Waals surface area contributed by atoms with Crippen LogP contribution in [0.1, 0.15) is 17.4 Å². The van der Waals surface area contributed by atoms with Gasteiger partial charge in [-0.25, -0.2) is 4.39 Å². The summed E-state index contributed by atoms with van der Waals surface area (Å²) in [6.07, 6.45) is 1.58. The Bertz CT molecular complexity index is 1210. The summed E-state index contributed by atoms with van der Waals surface area (Å²) in [5.41, 5.74) is 1.38. The van der Waals surface area contributed by atoms with Gasteiger partial charge in [0.2, 0.25) is 6.79 Å². The highest BCUT2D eigenvalue weighted by Gasteiger charge is 2.29. The van der Waals surface area contributed by atoms with Crippen molar-refractivity contribution in [2.75, 3.05) is 44.4 Å². The van der Waals surface area contributed by atoms with Gasteiger partial charge >= 0.3 is 11.8 Å². The molecule has 5 rings (SSSR count). The van der Waals surface area contributed by atoms with Crippen LogP contribution >= 0.6 is 0 Å². The van der Waals surface area contributed by atoms with E-state index in [0.717, 1.165) is 5.56 Å². The van der Waals surface area contributed by atoms with Crippen LogP contribution in [0.5, 0.6) is 11.5 Å². The van der Waals surface area contributed by atoms with E-state index in [1.165, 1.54) is 6.07 Å². The van der Waals surface area contributed by atoms with E-state index in [1.54, 1.807) is 42.7 Å². The van der Waals surface area contributed by atoms with Gasteiger partial charge in [0.05, 0.1) is 18.0 Å². The Hall–Kier alpha value is -4.05. The molecule has 0 radical (unpaired) electrons. The minimum atomic E-state index is -0.727. The van der Waals surface area contributed by atoms with Crippen molar-refractivity contribution < 1.29 is 27.9 Å². The normalized spacial score (nSPS) is 16.0. The molecule has 3 heterocycles. The van der Waals surface area contributed by atoms with Crippen LogP contribution in [0.4, 0.5) is 10.1 Å². The lowest BCUT2D eigenvalue weighted by molar-refractivity contribution is -0.139. The summed E-state index contributed by atoms with van der Waals surface area (Å²) < 4.78 is 30.4. The molecule has 0 bridgehead atoms. The lowest BCUT2D eigenvalue weighted by Gasteiger charge is -2.39. The third kappa shape index (κ3) is 5.28. The van der Waals surface area contributed by atoms with Gasteiger partial charge in [0.1, 0.15) is 11.6 Å². The Labute approximate surface area is 207 Å². The minimum absolute atomic E-state index is 0.169. The van der Waals surface area contributed by atoms with E-state index < -0.39 is 11.8 Å². The van der Waals surface area contributed by atoms with E-state index in [0.29, 0.717) is 49.1 Å². The predicted octanol–water partition coefficient (Wildman–Crippen LogP) is 2.44. The quantitative estimate of drug-likeness (QED) is 0.487. The molecule has 1 fully saturated rings. The lowest BCUT2D eigenvalue weighted by atomic mass is 10.1. The molecule has 0 saturated carbocycles. The number of piperazine rings is 1. The second-order valence-corrected chi connectivity index (χ2v) is 8.59. The summed E-state index contributed by atoms with van der Waals surface area (Å²) in [4.78, 5) is 29.1. The van der Waals surface area contributed by atoms with Crippen LogP contribution in [0.15, 0.2) is 65.3 Å². The van der Waals surface area contributed by atoms with Crippen molar-refractivity contribution in [3.8, 4) is 11.5 Å². The molecule has 2 amide bonds. The van der Waals surface area contributed by atoms with E-state index in [-0.39, 0.29) is 31.7 Å². The maximum absolute atomic E-state index is 14.2. The molecule has 0 spiro atoms. The maximum atomic E-state index is 14.2. The number of nitrogens with one attached hydrogen (secondary N) is 2. The van der Waals surface area contributed by atoms with Crippen molar-refractivity contribution in [1.29, 1.82) is 0 Å². The Kier molecular flexibility index (Phi) is 7.03. The van der Waals surface area contributed by atoms with Crippen molar-refractivity contribution in [1.82, 2.24) is 15.5 Å². The van der Waals surface area contributed by atoms with Crippen molar-refractivity contribution in [2.24, 2.45) is 0 Å². The molecule has 10 heteroatoms. The number of hydrogen-bond donors (Lipinski definition) is 2. The predicted molar refractivity (Wildman–Crippen MR) is 129 cm³/mol. The monoisotopic (exact) mass is 494 g/mol. The van der Waals surface area contributed by atoms with Crippen LogP contribution in [-0.2, 0) is 16.1 Å². The molecule has 188 valence electrons. The zero-order chi connectivity index (χ0) is 24.9. The first-order valence-electron chi connectivity index (χ1n) is 11.8. The van der Waals surface area contributed by atoms with Crippen LogP contribution in [0.3, 0.4) is 0 Å². The Morgan fingerprint density at radius 3 is 2.47 bits per heavy atom. The van der Waals surface area contributed by atoms with Gasteiger partial charge in [-0.1, -0.05) is 18.2 Å². The van der Waals surface area contributed by atoms with Crippen LogP contribution in [0.2, 0.25) is 0 Å². The standard InChI is InChI=1S/C26H27FN4O5/c27-19-4-1-2-5-20(19)30-9-11-31(12-10-30)21(22-6-3-13-34-22)16-29-26(33)25(32)28-15-18-7-8-23-24(14-18)36-17-35-23/h1-8,13-14,21H,9-12,15-17H2,(H,28,32)(H,29,33)/t21-/m1/s1. The topological polar surface area (TPSA) is 96.3 Å². The zero-order valence-electron chi connectivity index (χ0n) is 19.6.